The van der Waals surface area contributed by atoms with E-state index in [1.165, 1.54) is 0 Å². The van der Waals surface area contributed by atoms with Crippen molar-refractivity contribution in [1.29, 1.82) is 0 Å². The van der Waals surface area contributed by atoms with Crippen LogP contribution >= 0.6 is 0 Å². The lowest BCUT2D eigenvalue weighted by Crippen LogP contribution is -2.21. The molecular formula is C12H15NO. The maximum atomic E-state index is 9.56. The van der Waals surface area contributed by atoms with Gasteiger partial charge in [0.05, 0.1) is 5.56 Å². The van der Waals surface area contributed by atoms with Crippen LogP contribution in [0.25, 0.3) is 0 Å². The first kappa shape index (κ1) is 10.5. The molecule has 0 radical (unpaired) electrons. The number of hydrogen-bond acceptors (Lipinski definition) is 2. The molecule has 74 valence electrons. The van der Waals surface area contributed by atoms with Gasteiger partial charge in [0.1, 0.15) is 5.75 Å². The van der Waals surface area contributed by atoms with Gasteiger partial charge in [-0.25, -0.2) is 0 Å². The predicted octanol–water partition coefficient (Wildman–Crippen LogP) is 2.22. The van der Waals surface area contributed by atoms with Crippen LogP contribution in [0, 0.1) is 12.3 Å². The first-order valence-corrected chi connectivity index (χ1v) is 4.77. The Balaban J connectivity index is 3.02. The largest absolute Gasteiger partial charge is 0.507 e. The third-order valence-electron chi connectivity index (χ3n) is 2.27. The Morgan fingerprint density at radius 2 is 2.00 bits per heavy atom. The van der Waals surface area contributed by atoms with Crippen molar-refractivity contribution in [2.75, 3.05) is 18.0 Å². The Morgan fingerprint density at radius 3 is 2.43 bits per heavy atom. The van der Waals surface area contributed by atoms with Gasteiger partial charge in [-0.1, -0.05) is 5.92 Å². The molecular weight excluding hydrogens is 174 g/mol. The highest BCUT2D eigenvalue weighted by atomic mass is 16.3. The van der Waals surface area contributed by atoms with Crippen LogP contribution < -0.4 is 4.90 Å². The van der Waals surface area contributed by atoms with Gasteiger partial charge >= 0.3 is 0 Å². The number of aromatic hydroxyl groups is 1. The number of terminal acetylenes is 1. The average molecular weight is 189 g/mol. The second-order valence-electron chi connectivity index (χ2n) is 3.02. The molecule has 0 aliphatic rings. The lowest BCUT2D eigenvalue weighted by molar-refractivity contribution is 0.473. The summed E-state index contributed by atoms with van der Waals surface area (Å²) in [7, 11) is 0. The molecule has 14 heavy (non-hydrogen) atoms. The third kappa shape index (κ3) is 2.00. The van der Waals surface area contributed by atoms with Crippen LogP contribution in [0.4, 0.5) is 5.69 Å². The maximum absolute atomic E-state index is 9.56. The fourth-order valence-corrected chi connectivity index (χ4v) is 1.43. The standard InChI is InChI=1S/C12H15NO/c1-4-10-7-8-11(9-12(10)14)13(5-2)6-3/h1,7-9,14H,5-6H2,2-3H3. The summed E-state index contributed by atoms with van der Waals surface area (Å²) in [5.74, 6) is 2.61. The summed E-state index contributed by atoms with van der Waals surface area (Å²) in [6, 6.07) is 5.41. The minimum absolute atomic E-state index is 0.178. The van der Waals surface area contributed by atoms with E-state index in [1.807, 2.05) is 6.07 Å². The highest BCUT2D eigenvalue weighted by Crippen LogP contribution is 2.23. The molecule has 1 rings (SSSR count). The normalized spacial score (nSPS) is 9.50. The fourth-order valence-electron chi connectivity index (χ4n) is 1.43. The molecule has 1 aromatic rings. The van der Waals surface area contributed by atoms with Crippen LogP contribution in [-0.4, -0.2) is 18.2 Å². The number of anilines is 1. The van der Waals surface area contributed by atoms with Gasteiger partial charge in [0.25, 0.3) is 0 Å². The molecule has 1 aromatic carbocycles. The molecule has 0 spiro atoms. The SMILES string of the molecule is C#Cc1ccc(N(CC)CC)cc1O. The molecule has 0 heterocycles. The van der Waals surface area contributed by atoms with Crippen LogP contribution in [0.2, 0.25) is 0 Å². The summed E-state index contributed by atoms with van der Waals surface area (Å²) < 4.78 is 0. The Hall–Kier alpha value is -1.62. The van der Waals surface area contributed by atoms with Crippen LogP contribution in [-0.2, 0) is 0 Å². The van der Waals surface area contributed by atoms with Crippen molar-refractivity contribution < 1.29 is 5.11 Å². The van der Waals surface area contributed by atoms with Crippen LogP contribution in [0.3, 0.4) is 0 Å². The van der Waals surface area contributed by atoms with E-state index < -0.39 is 0 Å². The first-order valence-electron chi connectivity index (χ1n) is 4.77. The van der Waals surface area contributed by atoms with E-state index in [-0.39, 0.29) is 5.75 Å². The summed E-state index contributed by atoms with van der Waals surface area (Å²) in [6.45, 7) is 6.00. The van der Waals surface area contributed by atoms with Gasteiger partial charge in [0.15, 0.2) is 0 Å². The van der Waals surface area contributed by atoms with E-state index in [9.17, 15) is 5.11 Å². The smallest absolute Gasteiger partial charge is 0.133 e. The number of rotatable bonds is 3. The van der Waals surface area contributed by atoms with Gasteiger partial charge < -0.3 is 10.0 Å². The third-order valence-corrected chi connectivity index (χ3v) is 2.27. The molecule has 0 aromatic heterocycles. The summed E-state index contributed by atoms with van der Waals surface area (Å²) in [5, 5.41) is 9.56. The van der Waals surface area contributed by atoms with Gasteiger partial charge in [-0.05, 0) is 26.0 Å². The molecule has 0 fully saturated rings. The Kier molecular flexibility index (Phi) is 3.41. The maximum Gasteiger partial charge on any atom is 0.133 e. The average Bonchev–Trinajstić information content (AvgIpc) is 2.20. The zero-order chi connectivity index (χ0) is 10.6. The molecule has 0 aliphatic carbocycles. The van der Waals surface area contributed by atoms with Crippen molar-refractivity contribution in [3.63, 3.8) is 0 Å². The molecule has 0 aliphatic heterocycles. The molecule has 0 unspecified atom stereocenters. The van der Waals surface area contributed by atoms with Crippen molar-refractivity contribution in [1.82, 2.24) is 0 Å². The van der Waals surface area contributed by atoms with Crippen molar-refractivity contribution in [2.24, 2.45) is 0 Å². The van der Waals surface area contributed by atoms with E-state index in [2.05, 4.69) is 24.7 Å². The molecule has 2 nitrogen and oxygen atoms in total. The number of benzene rings is 1. The van der Waals surface area contributed by atoms with Gasteiger partial charge in [-0.3, -0.25) is 0 Å². The number of phenols is 1. The molecule has 0 saturated carbocycles. The number of hydrogen-bond donors (Lipinski definition) is 1. The van der Waals surface area contributed by atoms with Gasteiger partial charge in [-0.2, -0.15) is 0 Å². The lowest BCUT2D eigenvalue weighted by Gasteiger charge is -2.21. The second kappa shape index (κ2) is 4.57. The van der Waals surface area contributed by atoms with Crippen LogP contribution in [0.15, 0.2) is 18.2 Å². The van der Waals surface area contributed by atoms with Crippen LogP contribution in [0.5, 0.6) is 5.75 Å². The van der Waals surface area contributed by atoms with Gasteiger partial charge in [0, 0.05) is 24.8 Å². The quantitative estimate of drug-likeness (QED) is 0.737. The molecule has 0 bridgehead atoms. The minimum atomic E-state index is 0.178. The first-order chi connectivity index (χ1) is 6.72. The van der Waals surface area contributed by atoms with E-state index in [1.54, 1.807) is 12.1 Å². The molecule has 1 N–H and O–H groups in total. The lowest BCUT2D eigenvalue weighted by atomic mass is 10.2. The molecule has 2 heteroatoms. The van der Waals surface area contributed by atoms with Crippen molar-refractivity contribution in [2.45, 2.75) is 13.8 Å². The number of phenolic OH excluding ortho intramolecular Hbond substituents is 1. The van der Waals surface area contributed by atoms with Crippen molar-refractivity contribution in [3.8, 4) is 18.1 Å². The minimum Gasteiger partial charge on any atom is -0.507 e. The predicted molar refractivity (Wildman–Crippen MR) is 59.6 cm³/mol. The number of nitrogens with zero attached hydrogens (tertiary/aromatic N) is 1. The Labute approximate surface area is 85.2 Å². The molecule has 0 amide bonds. The van der Waals surface area contributed by atoms with Crippen molar-refractivity contribution in [3.05, 3.63) is 23.8 Å². The monoisotopic (exact) mass is 189 g/mol. The molecule has 0 atom stereocenters. The summed E-state index contributed by atoms with van der Waals surface area (Å²) in [5.41, 5.74) is 1.55. The van der Waals surface area contributed by atoms with Gasteiger partial charge in [0.2, 0.25) is 0 Å². The molecule has 0 saturated heterocycles. The summed E-state index contributed by atoms with van der Waals surface area (Å²) >= 11 is 0. The Morgan fingerprint density at radius 1 is 1.36 bits per heavy atom. The Bertz CT molecular complexity index is 348. The fraction of sp³-hybridized carbons (Fsp3) is 0.333. The topological polar surface area (TPSA) is 23.5 Å². The highest BCUT2D eigenvalue weighted by Gasteiger charge is 2.04. The van der Waals surface area contributed by atoms with E-state index >= 15 is 0 Å². The summed E-state index contributed by atoms with van der Waals surface area (Å²) in [6.07, 6.45) is 5.22. The van der Waals surface area contributed by atoms with Gasteiger partial charge in [-0.15, -0.1) is 6.42 Å². The van der Waals surface area contributed by atoms with Crippen molar-refractivity contribution >= 4 is 5.69 Å². The van der Waals surface area contributed by atoms with E-state index in [0.29, 0.717) is 5.56 Å². The van der Waals surface area contributed by atoms with E-state index in [4.69, 9.17) is 6.42 Å². The van der Waals surface area contributed by atoms with E-state index in [0.717, 1.165) is 18.8 Å². The highest BCUT2D eigenvalue weighted by molar-refractivity contribution is 5.56. The zero-order valence-electron chi connectivity index (χ0n) is 8.62. The summed E-state index contributed by atoms with van der Waals surface area (Å²) in [4.78, 5) is 2.15. The van der Waals surface area contributed by atoms with Crippen LogP contribution in [0.1, 0.15) is 19.4 Å². The second-order valence-corrected chi connectivity index (χ2v) is 3.02. The zero-order valence-corrected chi connectivity index (χ0v) is 8.62.